The maximum atomic E-state index is 12.9. The molecule has 5 amide bonds. The molecule has 10 heteroatoms. The lowest BCUT2D eigenvalue weighted by molar-refractivity contribution is -0.123. The highest BCUT2D eigenvalue weighted by atomic mass is 35.5. The van der Waals surface area contributed by atoms with Gasteiger partial charge in [0.25, 0.3) is 17.7 Å². The lowest BCUT2D eigenvalue weighted by Gasteiger charge is -2.26. The zero-order chi connectivity index (χ0) is 21.1. The molecule has 1 aliphatic heterocycles. The number of barbiturate groups is 1. The summed E-state index contributed by atoms with van der Waals surface area (Å²) >= 11 is 11.8. The molecule has 0 bridgehead atoms. The average molecular weight is 434 g/mol. The van der Waals surface area contributed by atoms with E-state index in [1.807, 2.05) is 0 Å². The van der Waals surface area contributed by atoms with Crippen LogP contribution in [0.5, 0.6) is 5.75 Å². The van der Waals surface area contributed by atoms with Crippen LogP contribution < -0.4 is 20.7 Å². The molecule has 1 saturated heterocycles. The number of carbonyl (C=O) groups is 4. The number of ether oxygens (including phenoxy) is 1. The van der Waals surface area contributed by atoms with Gasteiger partial charge in [0, 0.05) is 15.6 Å². The number of amides is 5. The Balaban J connectivity index is 2.01. The Kier molecular flexibility index (Phi) is 5.86. The van der Waals surface area contributed by atoms with Crippen molar-refractivity contribution < 1.29 is 23.9 Å². The van der Waals surface area contributed by atoms with Crippen LogP contribution in [-0.2, 0) is 14.4 Å². The van der Waals surface area contributed by atoms with Crippen molar-refractivity contribution in [3.8, 4) is 5.75 Å². The van der Waals surface area contributed by atoms with Gasteiger partial charge < -0.3 is 10.5 Å². The van der Waals surface area contributed by atoms with Crippen molar-refractivity contribution in [1.29, 1.82) is 0 Å². The maximum Gasteiger partial charge on any atom is 0.335 e. The van der Waals surface area contributed by atoms with Gasteiger partial charge in [-0.25, -0.2) is 9.69 Å². The van der Waals surface area contributed by atoms with Crippen molar-refractivity contribution in [3.63, 3.8) is 0 Å². The molecule has 148 valence electrons. The molecular formula is C19H13Cl2N3O5. The molecule has 3 N–H and O–H groups in total. The number of halogens is 2. The number of hydrogen-bond acceptors (Lipinski definition) is 5. The molecule has 2 aromatic rings. The minimum absolute atomic E-state index is 0.177. The van der Waals surface area contributed by atoms with Crippen LogP contribution in [0.2, 0.25) is 10.0 Å². The van der Waals surface area contributed by atoms with E-state index in [0.717, 1.165) is 4.90 Å². The number of nitrogens with zero attached hydrogens (tertiary/aromatic N) is 1. The summed E-state index contributed by atoms with van der Waals surface area (Å²) in [6, 6.07) is 9.46. The number of rotatable bonds is 5. The number of primary amides is 1. The topological polar surface area (TPSA) is 119 Å². The monoisotopic (exact) mass is 433 g/mol. The molecule has 0 spiro atoms. The van der Waals surface area contributed by atoms with Crippen molar-refractivity contribution >= 4 is 58.7 Å². The van der Waals surface area contributed by atoms with Crippen LogP contribution in [0.4, 0.5) is 10.5 Å². The Bertz CT molecular complexity index is 1050. The maximum absolute atomic E-state index is 12.9. The molecule has 0 saturated carbocycles. The van der Waals surface area contributed by atoms with Gasteiger partial charge in [-0.05, 0) is 48.5 Å². The number of imide groups is 2. The second kappa shape index (κ2) is 8.34. The van der Waals surface area contributed by atoms with E-state index in [0.29, 0.717) is 10.0 Å². The lowest BCUT2D eigenvalue weighted by Crippen LogP contribution is -2.54. The molecular weight excluding hydrogens is 421 g/mol. The first kappa shape index (κ1) is 20.4. The van der Waals surface area contributed by atoms with Crippen LogP contribution in [0.1, 0.15) is 5.56 Å². The van der Waals surface area contributed by atoms with E-state index >= 15 is 0 Å². The fraction of sp³-hybridized carbons (Fsp3) is 0.0526. The van der Waals surface area contributed by atoms with Gasteiger partial charge in [0.15, 0.2) is 6.61 Å². The predicted octanol–water partition coefficient (Wildman–Crippen LogP) is 2.52. The molecule has 2 aromatic carbocycles. The molecule has 0 aromatic heterocycles. The van der Waals surface area contributed by atoms with Crippen molar-refractivity contribution in [2.24, 2.45) is 5.73 Å². The Morgan fingerprint density at radius 3 is 2.38 bits per heavy atom. The zero-order valence-corrected chi connectivity index (χ0v) is 16.2. The number of nitrogens with two attached hydrogens (primary N) is 1. The summed E-state index contributed by atoms with van der Waals surface area (Å²) in [6.07, 6.45) is 1.22. The lowest BCUT2D eigenvalue weighted by atomic mass is 10.1. The summed E-state index contributed by atoms with van der Waals surface area (Å²) in [6.45, 7) is -0.409. The number of anilines is 1. The van der Waals surface area contributed by atoms with Gasteiger partial charge in [-0.3, -0.25) is 19.7 Å². The quantitative estimate of drug-likeness (QED) is 0.554. The fourth-order valence-corrected chi connectivity index (χ4v) is 2.86. The number of nitrogens with one attached hydrogen (secondary N) is 1. The molecule has 8 nitrogen and oxygen atoms in total. The molecule has 0 radical (unpaired) electrons. The highest BCUT2D eigenvalue weighted by Crippen LogP contribution is 2.28. The predicted molar refractivity (Wildman–Crippen MR) is 107 cm³/mol. The second-order valence-electron chi connectivity index (χ2n) is 5.87. The van der Waals surface area contributed by atoms with Crippen LogP contribution in [0.15, 0.2) is 48.0 Å². The SMILES string of the molecule is NC(=O)COc1ccc(Cl)cc1/C=C1\C(=O)NC(=O)N(c2ccc(Cl)cc2)C1=O. The minimum Gasteiger partial charge on any atom is -0.483 e. The summed E-state index contributed by atoms with van der Waals surface area (Å²) in [4.78, 5) is 49.2. The van der Waals surface area contributed by atoms with Crippen molar-refractivity contribution in [1.82, 2.24) is 5.32 Å². The second-order valence-corrected chi connectivity index (χ2v) is 6.74. The smallest absolute Gasteiger partial charge is 0.335 e. The Morgan fingerprint density at radius 1 is 1.07 bits per heavy atom. The summed E-state index contributed by atoms with van der Waals surface area (Å²) in [5, 5.41) is 2.83. The Labute approximate surface area is 174 Å². The summed E-state index contributed by atoms with van der Waals surface area (Å²) in [5.41, 5.74) is 5.23. The molecule has 3 rings (SSSR count). The first-order valence-corrected chi connectivity index (χ1v) is 8.89. The standard InChI is InChI=1S/C19H13Cl2N3O5/c20-11-1-4-13(5-2-11)24-18(27)14(17(26)23-19(24)28)8-10-7-12(21)3-6-15(10)29-9-16(22)25/h1-8H,9H2,(H2,22,25)(H,23,26,28)/b14-8+. The summed E-state index contributed by atoms with van der Waals surface area (Å²) in [7, 11) is 0. The Morgan fingerprint density at radius 2 is 1.72 bits per heavy atom. The third-order valence-corrected chi connectivity index (χ3v) is 4.32. The van der Waals surface area contributed by atoms with E-state index in [4.69, 9.17) is 33.7 Å². The van der Waals surface area contributed by atoms with E-state index in [1.54, 1.807) is 0 Å². The molecule has 29 heavy (non-hydrogen) atoms. The molecule has 1 fully saturated rings. The van der Waals surface area contributed by atoms with E-state index in [1.165, 1.54) is 48.5 Å². The number of benzene rings is 2. The van der Waals surface area contributed by atoms with Crippen LogP contribution in [0, 0.1) is 0 Å². The zero-order valence-electron chi connectivity index (χ0n) is 14.6. The first-order valence-electron chi connectivity index (χ1n) is 8.14. The van der Waals surface area contributed by atoms with Crippen LogP contribution in [-0.4, -0.2) is 30.4 Å². The van der Waals surface area contributed by atoms with Gasteiger partial charge in [-0.15, -0.1) is 0 Å². The third-order valence-electron chi connectivity index (χ3n) is 3.83. The summed E-state index contributed by atoms with van der Waals surface area (Å²) in [5.74, 6) is -2.26. The highest BCUT2D eigenvalue weighted by molar-refractivity contribution is 6.39. The van der Waals surface area contributed by atoms with Gasteiger partial charge in [0.2, 0.25) is 0 Å². The van der Waals surface area contributed by atoms with Crippen LogP contribution in [0.3, 0.4) is 0 Å². The third kappa shape index (κ3) is 4.56. The number of hydrogen-bond donors (Lipinski definition) is 2. The Hall–Kier alpha value is -3.36. The van der Waals surface area contributed by atoms with Gasteiger partial charge in [0.05, 0.1) is 5.69 Å². The van der Waals surface area contributed by atoms with Crippen molar-refractivity contribution in [2.75, 3.05) is 11.5 Å². The molecule has 1 aliphatic rings. The summed E-state index contributed by atoms with van der Waals surface area (Å²) < 4.78 is 5.30. The van der Waals surface area contributed by atoms with Gasteiger partial charge in [-0.2, -0.15) is 0 Å². The van der Waals surface area contributed by atoms with Crippen LogP contribution >= 0.6 is 23.2 Å². The molecule has 0 unspecified atom stereocenters. The average Bonchev–Trinajstić information content (AvgIpc) is 2.65. The van der Waals surface area contributed by atoms with E-state index < -0.39 is 30.4 Å². The normalized spacial score (nSPS) is 15.4. The van der Waals surface area contributed by atoms with E-state index in [-0.39, 0.29) is 22.6 Å². The van der Waals surface area contributed by atoms with Gasteiger partial charge >= 0.3 is 6.03 Å². The fourth-order valence-electron chi connectivity index (χ4n) is 2.55. The number of carbonyl (C=O) groups excluding carboxylic acids is 4. The van der Waals surface area contributed by atoms with Crippen molar-refractivity contribution in [2.45, 2.75) is 0 Å². The van der Waals surface area contributed by atoms with Gasteiger partial charge in [-0.1, -0.05) is 23.2 Å². The number of urea groups is 1. The molecule has 0 aliphatic carbocycles. The van der Waals surface area contributed by atoms with E-state index in [2.05, 4.69) is 5.32 Å². The van der Waals surface area contributed by atoms with Crippen molar-refractivity contribution in [3.05, 3.63) is 63.6 Å². The molecule has 0 atom stereocenters. The molecule has 1 heterocycles. The van der Waals surface area contributed by atoms with Crippen LogP contribution in [0.25, 0.3) is 6.08 Å². The van der Waals surface area contributed by atoms with Gasteiger partial charge in [0.1, 0.15) is 11.3 Å². The van der Waals surface area contributed by atoms with E-state index in [9.17, 15) is 19.2 Å². The highest BCUT2D eigenvalue weighted by Gasteiger charge is 2.37. The first-order chi connectivity index (χ1) is 13.8. The minimum atomic E-state index is -0.893. The largest absolute Gasteiger partial charge is 0.483 e.